The molecular weight excluding hydrogens is 398 g/mol. The number of amides is 2. The van der Waals surface area contributed by atoms with Crippen LogP contribution in [0.3, 0.4) is 0 Å². The minimum atomic E-state index is -0.170. The van der Waals surface area contributed by atoms with E-state index in [9.17, 15) is 9.59 Å². The standard InChI is InChI=1S/C20H25N3O3S.ClH/c1-26-14-20(7-9-21-10-8-20)13-22-18(24)15-4-2-5-16(12-15)23-19(25)17-6-3-11-27-17;/h2-6,11-12,21H,7-10,13-14H2,1H3,(H,22,24)(H,23,25);1H. The van der Waals surface area contributed by atoms with Crippen LogP contribution < -0.4 is 16.0 Å². The summed E-state index contributed by atoms with van der Waals surface area (Å²) in [7, 11) is 1.70. The predicted octanol–water partition coefficient (Wildman–Crippen LogP) is 3.17. The van der Waals surface area contributed by atoms with Crippen LogP contribution in [0.25, 0.3) is 0 Å². The molecule has 0 unspecified atom stereocenters. The summed E-state index contributed by atoms with van der Waals surface area (Å²) in [5.41, 5.74) is 1.11. The summed E-state index contributed by atoms with van der Waals surface area (Å²) in [6, 6.07) is 10.6. The lowest BCUT2D eigenvalue weighted by Gasteiger charge is -2.37. The normalized spacial score (nSPS) is 15.3. The Hall–Kier alpha value is -1.93. The zero-order chi connectivity index (χ0) is 19.1. The summed E-state index contributed by atoms with van der Waals surface area (Å²) in [5, 5.41) is 11.1. The van der Waals surface area contributed by atoms with Crippen LogP contribution in [-0.4, -0.2) is 45.2 Å². The Morgan fingerprint density at radius 3 is 2.64 bits per heavy atom. The minimum Gasteiger partial charge on any atom is -0.384 e. The van der Waals surface area contributed by atoms with Crippen LogP contribution >= 0.6 is 23.7 Å². The molecule has 1 aliphatic rings. The third-order valence-corrected chi connectivity index (χ3v) is 5.73. The molecule has 1 aliphatic heterocycles. The van der Waals surface area contributed by atoms with Gasteiger partial charge in [0.1, 0.15) is 0 Å². The van der Waals surface area contributed by atoms with E-state index in [2.05, 4.69) is 16.0 Å². The van der Waals surface area contributed by atoms with Gasteiger partial charge < -0.3 is 20.7 Å². The van der Waals surface area contributed by atoms with Crippen molar-refractivity contribution in [1.29, 1.82) is 0 Å². The highest BCUT2D eigenvalue weighted by Gasteiger charge is 2.32. The average Bonchev–Trinajstić information content (AvgIpc) is 3.22. The van der Waals surface area contributed by atoms with E-state index in [1.807, 2.05) is 11.4 Å². The van der Waals surface area contributed by atoms with Crippen molar-refractivity contribution in [2.75, 3.05) is 38.7 Å². The number of carbonyl (C=O) groups is 2. The summed E-state index contributed by atoms with van der Waals surface area (Å²) < 4.78 is 5.40. The van der Waals surface area contributed by atoms with Gasteiger partial charge in [0.2, 0.25) is 0 Å². The Kier molecular flexibility index (Phi) is 8.44. The van der Waals surface area contributed by atoms with Crippen LogP contribution in [0.15, 0.2) is 41.8 Å². The van der Waals surface area contributed by atoms with Gasteiger partial charge in [0.15, 0.2) is 0 Å². The number of halogens is 1. The number of thiophene rings is 1. The van der Waals surface area contributed by atoms with Gasteiger partial charge >= 0.3 is 0 Å². The molecule has 152 valence electrons. The van der Waals surface area contributed by atoms with Crippen molar-refractivity contribution < 1.29 is 14.3 Å². The van der Waals surface area contributed by atoms with Gasteiger partial charge in [-0.25, -0.2) is 0 Å². The van der Waals surface area contributed by atoms with Crippen molar-refractivity contribution in [2.24, 2.45) is 5.41 Å². The number of anilines is 1. The average molecular weight is 424 g/mol. The maximum Gasteiger partial charge on any atom is 0.265 e. The molecule has 1 saturated heterocycles. The van der Waals surface area contributed by atoms with E-state index in [-0.39, 0.29) is 29.6 Å². The highest BCUT2D eigenvalue weighted by atomic mass is 35.5. The number of benzene rings is 1. The Morgan fingerprint density at radius 2 is 1.96 bits per heavy atom. The molecule has 0 bridgehead atoms. The fourth-order valence-corrected chi connectivity index (χ4v) is 3.96. The number of rotatable bonds is 7. The molecule has 0 radical (unpaired) electrons. The smallest absolute Gasteiger partial charge is 0.265 e. The third kappa shape index (κ3) is 5.78. The first kappa shape index (κ1) is 22.4. The Bertz CT molecular complexity index is 771. The molecule has 0 spiro atoms. The monoisotopic (exact) mass is 423 g/mol. The van der Waals surface area contributed by atoms with E-state index in [4.69, 9.17) is 4.74 Å². The van der Waals surface area contributed by atoms with Crippen molar-refractivity contribution in [2.45, 2.75) is 12.8 Å². The van der Waals surface area contributed by atoms with E-state index in [1.54, 1.807) is 37.4 Å². The molecule has 3 N–H and O–H groups in total. The molecule has 28 heavy (non-hydrogen) atoms. The van der Waals surface area contributed by atoms with Crippen LogP contribution in [0.1, 0.15) is 32.9 Å². The molecule has 6 nitrogen and oxygen atoms in total. The highest BCUT2D eigenvalue weighted by molar-refractivity contribution is 7.12. The van der Waals surface area contributed by atoms with Gasteiger partial charge in [0, 0.05) is 30.3 Å². The van der Waals surface area contributed by atoms with Gasteiger partial charge in [0.05, 0.1) is 11.5 Å². The van der Waals surface area contributed by atoms with E-state index in [0.717, 1.165) is 25.9 Å². The fourth-order valence-electron chi connectivity index (χ4n) is 3.34. The van der Waals surface area contributed by atoms with Gasteiger partial charge in [-0.1, -0.05) is 12.1 Å². The first-order chi connectivity index (χ1) is 13.1. The quantitative estimate of drug-likeness (QED) is 0.639. The molecule has 2 aromatic rings. The number of hydrogen-bond acceptors (Lipinski definition) is 5. The van der Waals surface area contributed by atoms with E-state index >= 15 is 0 Å². The maximum absolute atomic E-state index is 12.6. The lowest BCUT2D eigenvalue weighted by molar-refractivity contribution is 0.0511. The van der Waals surface area contributed by atoms with Gasteiger partial charge in [-0.15, -0.1) is 23.7 Å². The van der Waals surface area contributed by atoms with Crippen molar-refractivity contribution in [3.05, 3.63) is 52.2 Å². The lowest BCUT2D eigenvalue weighted by atomic mass is 9.79. The van der Waals surface area contributed by atoms with Crippen LogP contribution in [0.5, 0.6) is 0 Å². The molecule has 2 heterocycles. The first-order valence-corrected chi connectivity index (χ1v) is 9.93. The van der Waals surface area contributed by atoms with E-state index in [0.29, 0.717) is 29.3 Å². The molecule has 2 amide bonds. The molecule has 0 aliphatic carbocycles. The highest BCUT2D eigenvalue weighted by Crippen LogP contribution is 2.28. The Morgan fingerprint density at radius 1 is 1.18 bits per heavy atom. The Balaban J connectivity index is 0.00000280. The van der Waals surface area contributed by atoms with E-state index in [1.165, 1.54) is 11.3 Å². The second-order valence-corrected chi connectivity index (χ2v) is 7.83. The number of hydrogen-bond donors (Lipinski definition) is 3. The first-order valence-electron chi connectivity index (χ1n) is 9.05. The number of nitrogens with one attached hydrogen (secondary N) is 3. The second-order valence-electron chi connectivity index (χ2n) is 6.88. The van der Waals surface area contributed by atoms with Crippen molar-refractivity contribution >= 4 is 41.2 Å². The number of ether oxygens (including phenoxy) is 1. The Labute approximate surface area is 175 Å². The minimum absolute atomic E-state index is 0. The second kappa shape index (κ2) is 10.6. The maximum atomic E-state index is 12.6. The van der Waals surface area contributed by atoms with Gasteiger partial charge in [-0.05, 0) is 55.6 Å². The number of piperidine rings is 1. The summed E-state index contributed by atoms with van der Waals surface area (Å²) in [4.78, 5) is 25.4. The molecule has 0 saturated carbocycles. The van der Waals surface area contributed by atoms with Crippen LogP contribution in [0.2, 0.25) is 0 Å². The molecule has 1 aromatic carbocycles. The van der Waals surface area contributed by atoms with Crippen LogP contribution in [0.4, 0.5) is 5.69 Å². The van der Waals surface area contributed by atoms with Gasteiger partial charge in [-0.2, -0.15) is 0 Å². The summed E-state index contributed by atoms with van der Waals surface area (Å²) in [6.45, 7) is 3.08. The topological polar surface area (TPSA) is 79.5 Å². The van der Waals surface area contributed by atoms with Crippen LogP contribution in [0, 0.1) is 5.41 Å². The van der Waals surface area contributed by atoms with Crippen molar-refractivity contribution in [3.63, 3.8) is 0 Å². The zero-order valence-corrected chi connectivity index (χ0v) is 17.5. The summed E-state index contributed by atoms with van der Waals surface area (Å²) in [5.74, 6) is -0.312. The predicted molar refractivity (Wildman–Crippen MR) is 115 cm³/mol. The summed E-state index contributed by atoms with van der Waals surface area (Å²) >= 11 is 1.38. The molecule has 1 fully saturated rings. The molecule has 0 atom stereocenters. The summed E-state index contributed by atoms with van der Waals surface area (Å²) in [6.07, 6.45) is 1.94. The third-order valence-electron chi connectivity index (χ3n) is 4.87. The van der Waals surface area contributed by atoms with Crippen LogP contribution in [-0.2, 0) is 4.74 Å². The van der Waals surface area contributed by atoms with Crippen molar-refractivity contribution in [3.8, 4) is 0 Å². The van der Waals surface area contributed by atoms with Gasteiger partial charge in [-0.3, -0.25) is 9.59 Å². The molecular formula is C20H26ClN3O3S. The van der Waals surface area contributed by atoms with E-state index < -0.39 is 0 Å². The largest absolute Gasteiger partial charge is 0.384 e. The van der Waals surface area contributed by atoms with Gasteiger partial charge in [0.25, 0.3) is 11.8 Å². The molecule has 3 rings (SSSR count). The number of methoxy groups -OCH3 is 1. The lowest BCUT2D eigenvalue weighted by Crippen LogP contribution is -2.47. The van der Waals surface area contributed by atoms with Crippen molar-refractivity contribution in [1.82, 2.24) is 10.6 Å². The number of carbonyl (C=O) groups excluding carboxylic acids is 2. The fraction of sp³-hybridized carbons (Fsp3) is 0.400. The molecule has 8 heteroatoms. The zero-order valence-electron chi connectivity index (χ0n) is 15.8. The SMILES string of the molecule is COCC1(CNC(=O)c2cccc(NC(=O)c3cccs3)c2)CCNCC1.Cl. The molecule has 1 aromatic heterocycles.